The van der Waals surface area contributed by atoms with Gasteiger partial charge in [-0.15, -0.1) is 0 Å². The molecule has 4 rings (SSSR count). The summed E-state index contributed by atoms with van der Waals surface area (Å²) in [7, 11) is 0. The maximum atomic E-state index is 12.1. The summed E-state index contributed by atoms with van der Waals surface area (Å²) in [4.78, 5) is 23.9. The zero-order chi connectivity index (χ0) is 21.5. The van der Waals surface area contributed by atoms with Crippen molar-refractivity contribution in [1.29, 1.82) is 0 Å². The Hall–Kier alpha value is -4.39. The first kappa shape index (κ1) is 19.9. The van der Waals surface area contributed by atoms with E-state index in [1.165, 1.54) is 18.5 Å². The van der Waals surface area contributed by atoms with Crippen LogP contribution in [0.3, 0.4) is 0 Å². The van der Waals surface area contributed by atoms with Crippen molar-refractivity contribution in [3.8, 4) is 5.75 Å². The molecule has 1 heterocycles. The fourth-order valence-corrected chi connectivity index (χ4v) is 2.95. The minimum Gasteiger partial charge on any atom is -0.457 e. The first-order valence-electron chi connectivity index (χ1n) is 9.58. The lowest BCUT2D eigenvalue weighted by Gasteiger charge is -2.08. The molecular weight excluding hydrogens is 394 g/mol. The van der Waals surface area contributed by atoms with Crippen LogP contribution in [0.1, 0.15) is 16.1 Å². The number of hydrogen-bond acceptors (Lipinski definition) is 6. The van der Waals surface area contributed by atoms with Gasteiger partial charge >= 0.3 is 5.97 Å². The first-order valence-corrected chi connectivity index (χ1v) is 9.58. The number of rotatable bonds is 7. The van der Waals surface area contributed by atoms with Gasteiger partial charge in [0.25, 0.3) is 5.91 Å². The number of furan rings is 1. The Morgan fingerprint density at radius 3 is 2.55 bits per heavy atom. The second-order valence-corrected chi connectivity index (χ2v) is 6.61. The number of amides is 1. The summed E-state index contributed by atoms with van der Waals surface area (Å²) in [5.74, 6) is -0.335. The number of carbonyl (C=O) groups excluding carboxylic acids is 2. The number of nitrogens with zero attached hydrogens (tertiary/aromatic N) is 1. The molecular formula is C24H19N3O4. The maximum Gasteiger partial charge on any atom is 0.379 e. The number of nitrogens with one attached hydrogen (secondary N) is 2. The van der Waals surface area contributed by atoms with Crippen LogP contribution >= 0.6 is 0 Å². The highest BCUT2D eigenvalue weighted by atomic mass is 16.5. The predicted octanol–water partition coefficient (Wildman–Crippen LogP) is 4.21. The molecule has 0 bridgehead atoms. The molecule has 0 saturated heterocycles. The first-order chi connectivity index (χ1) is 15.2. The third kappa shape index (κ3) is 5.16. The van der Waals surface area contributed by atoms with E-state index >= 15 is 0 Å². The SMILES string of the molecule is O=C(CNc1cccc2ccccc12)N/N=C/c1ccc(OC(=O)c2ccco2)cc1. The highest BCUT2D eigenvalue weighted by Crippen LogP contribution is 2.22. The van der Waals surface area contributed by atoms with Gasteiger partial charge in [0.15, 0.2) is 0 Å². The summed E-state index contributed by atoms with van der Waals surface area (Å²) < 4.78 is 10.2. The van der Waals surface area contributed by atoms with Crippen LogP contribution in [0.25, 0.3) is 10.8 Å². The third-order valence-electron chi connectivity index (χ3n) is 4.44. The molecule has 7 heteroatoms. The minimum absolute atomic E-state index is 0.0903. The molecule has 0 radical (unpaired) electrons. The molecule has 154 valence electrons. The number of anilines is 1. The van der Waals surface area contributed by atoms with Crippen molar-refractivity contribution in [2.75, 3.05) is 11.9 Å². The van der Waals surface area contributed by atoms with Crippen LogP contribution in [0.5, 0.6) is 5.75 Å². The van der Waals surface area contributed by atoms with Crippen molar-refractivity contribution in [3.05, 3.63) is 96.4 Å². The minimum atomic E-state index is -0.572. The number of benzene rings is 3. The van der Waals surface area contributed by atoms with Crippen molar-refractivity contribution in [2.45, 2.75) is 0 Å². The van der Waals surface area contributed by atoms with Crippen LogP contribution in [0, 0.1) is 0 Å². The van der Waals surface area contributed by atoms with E-state index in [1.54, 1.807) is 30.3 Å². The smallest absolute Gasteiger partial charge is 0.379 e. The van der Waals surface area contributed by atoms with Crippen LogP contribution in [0.2, 0.25) is 0 Å². The van der Waals surface area contributed by atoms with Gasteiger partial charge in [-0.1, -0.05) is 36.4 Å². The number of fused-ring (bicyclic) bond motifs is 1. The summed E-state index contributed by atoms with van der Waals surface area (Å²) >= 11 is 0. The Kier molecular flexibility index (Phi) is 6.04. The van der Waals surface area contributed by atoms with Crippen molar-refractivity contribution < 1.29 is 18.7 Å². The molecule has 0 unspecified atom stereocenters. The predicted molar refractivity (Wildman–Crippen MR) is 118 cm³/mol. The van der Waals surface area contributed by atoms with Gasteiger partial charge in [-0.25, -0.2) is 10.2 Å². The largest absolute Gasteiger partial charge is 0.457 e. The summed E-state index contributed by atoms with van der Waals surface area (Å²) in [6.07, 6.45) is 2.91. The van der Waals surface area contributed by atoms with Crippen LogP contribution in [-0.2, 0) is 4.79 Å². The van der Waals surface area contributed by atoms with Crippen LogP contribution < -0.4 is 15.5 Å². The van der Waals surface area contributed by atoms with E-state index in [9.17, 15) is 9.59 Å². The quantitative estimate of drug-likeness (QED) is 0.205. The normalized spacial score (nSPS) is 10.8. The Morgan fingerprint density at radius 2 is 1.74 bits per heavy atom. The molecule has 3 aromatic carbocycles. The molecule has 0 fully saturated rings. The molecule has 1 aromatic heterocycles. The Morgan fingerprint density at radius 1 is 0.935 bits per heavy atom. The molecule has 0 atom stereocenters. The van der Waals surface area contributed by atoms with Gasteiger partial charge < -0.3 is 14.5 Å². The average molecular weight is 413 g/mol. The number of carbonyl (C=O) groups is 2. The summed E-state index contributed by atoms with van der Waals surface area (Å²) in [5.41, 5.74) is 4.11. The van der Waals surface area contributed by atoms with E-state index in [2.05, 4.69) is 15.8 Å². The number of hydrazone groups is 1. The molecule has 31 heavy (non-hydrogen) atoms. The highest BCUT2D eigenvalue weighted by Gasteiger charge is 2.11. The van der Waals surface area contributed by atoms with Gasteiger partial charge in [-0.2, -0.15) is 5.10 Å². The van der Waals surface area contributed by atoms with Crippen LogP contribution in [0.15, 0.2) is 94.6 Å². The van der Waals surface area contributed by atoms with Gasteiger partial charge in [0.05, 0.1) is 19.0 Å². The van der Waals surface area contributed by atoms with Crippen molar-refractivity contribution in [1.82, 2.24) is 5.43 Å². The molecule has 0 saturated carbocycles. The number of esters is 1. The third-order valence-corrected chi connectivity index (χ3v) is 4.44. The van der Waals surface area contributed by atoms with Gasteiger partial charge in [-0.3, -0.25) is 4.79 Å². The lowest BCUT2D eigenvalue weighted by atomic mass is 10.1. The highest BCUT2D eigenvalue weighted by molar-refractivity contribution is 5.95. The van der Waals surface area contributed by atoms with Crippen LogP contribution in [-0.4, -0.2) is 24.6 Å². The van der Waals surface area contributed by atoms with Crippen molar-refractivity contribution >= 4 is 34.6 Å². The van der Waals surface area contributed by atoms with E-state index in [0.717, 1.165) is 22.0 Å². The number of ether oxygens (including phenoxy) is 1. The van der Waals surface area contributed by atoms with Gasteiger partial charge in [0.1, 0.15) is 5.75 Å². The lowest BCUT2D eigenvalue weighted by Crippen LogP contribution is -2.25. The Labute approximate surface area is 178 Å². The standard InChI is InChI=1S/C24H19N3O4/c28-23(16-25-21-8-3-6-18-5-1-2-7-20(18)21)27-26-15-17-10-12-19(13-11-17)31-24(29)22-9-4-14-30-22/h1-15,25H,16H2,(H,27,28)/b26-15+. The molecule has 1 amide bonds. The molecule has 0 spiro atoms. The van der Waals surface area contributed by atoms with Crippen LogP contribution in [0.4, 0.5) is 5.69 Å². The molecule has 0 aliphatic rings. The summed E-state index contributed by atoms with van der Waals surface area (Å²) in [6, 6.07) is 23.7. The zero-order valence-electron chi connectivity index (χ0n) is 16.4. The van der Waals surface area contributed by atoms with Crippen molar-refractivity contribution in [3.63, 3.8) is 0 Å². The molecule has 4 aromatic rings. The zero-order valence-corrected chi connectivity index (χ0v) is 16.4. The fourth-order valence-electron chi connectivity index (χ4n) is 2.95. The van der Waals surface area contributed by atoms with E-state index in [0.29, 0.717) is 5.75 Å². The van der Waals surface area contributed by atoms with E-state index < -0.39 is 5.97 Å². The average Bonchev–Trinajstić information content (AvgIpc) is 3.34. The second kappa shape index (κ2) is 9.41. The maximum absolute atomic E-state index is 12.1. The summed E-state index contributed by atoms with van der Waals surface area (Å²) in [5, 5.41) is 9.24. The lowest BCUT2D eigenvalue weighted by molar-refractivity contribution is -0.119. The van der Waals surface area contributed by atoms with Gasteiger partial charge in [0.2, 0.25) is 5.76 Å². The summed E-state index contributed by atoms with van der Waals surface area (Å²) in [6.45, 7) is 0.0903. The Balaban J connectivity index is 1.27. The second-order valence-electron chi connectivity index (χ2n) is 6.61. The Bertz CT molecular complexity index is 1210. The van der Waals surface area contributed by atoms with E-state index in [-0.39, 0.29) is 18.2 Å². The number of hydrogen-bond donors (Lipinski definition) is 2. The van der Waals surface area contributed by atoms with Crippen molar-refractivity contribution in [2.24, 2.45) is 5.10 Å². The molecule has 0 aliphatic carbocycles. The van der Waals surface area contributed by atoms with E-state index in [4.69, 9.17) is 9.15 Å². The monoisotopic (exact) mass is 413 g/mol. The molecule has 0 aliphatic heterocycles. The topological polar surface area (TPSA) is 92.9 Å². The molecule has 2 N–H and O–H groups in total. The van der Waals surface area contributed by atoms with E-state index in [1.807, 2.05) is 42.5 Å². The van der Waals surface area contributed by atoms with Gasteiger partial charge in [0, 0.05) is 11.1 Å². The van der Waals surface area contributed by atoms with Gasteiger partial charge in [-0.05, 0) is 53.4 Å². The molecule has 7 nitrogen and oxygen atoms in total. The fraction of sp³-hybridized carbons (Fsp3) is 0.0417.